The number of pyridine rings is 1. The van der Waals surface area contributed by atoms with E-state index in [1.807, 2.05) is 0 Å². The summed E-state index contributed by atoms with van der Waals surface area (Å²) in [6, 6.07) is 5.39. The van der Waals surface area contributed by atoms with E-state index >= 15 is 0 Å². The zero-order chi connectivity index (χ0) is 12.4. The summed E-state index contributed by atoms with van der Waals surface area (Å²) in [5, 5.41) is 0. The van der Waals surface area contributed by atoms with Crippen LogP contribution < -0.4 is 0 Å². The minimum absolute atomic E-state index is 0.0978. The van der Waals surface area contributed by atoms with E-state index in [2.05, 4.69) is 4.98 Å². The summed E-state index contributed by atoms with van der Waals surface area (Å²) < 4.78 is 26.6. The second kappa shape index (κ2) is 4.41. The summed E-state index contributed by atoms with van der Waals surface area (Å²) in [6.45, 7) is 1.39. The number of halogens is 2. The fourth-order valence-corrected chi connectivity index (χ4v) is 1.51. The molecule has 86 valence electrons. The molecule has 0 aliphatic rings. The van der Waals surface area contributed by atoms with Crippen molar-refractivity contribution in [1.29, 1.82) is 0 Å². The number of carbonyl (C=O) groups excluding carboxylic acids is 1. The molecule has 0 unspecified atom stereocenters. The first-order valence-corrected chi connectivity index (χ1v) is 5.00. The number of carbonyl (C=O) groups is 1. The Morgan fingerprint density at radius 2 is 2.00 bits per heavy atom. The number of nitrogens with zero attached hydrogens (tertiary/aromatic N) is 1. The van der Waals surface area contributed by atoms with Gasteiger partial charge in [0, 0.05) is 29.1 Å². The quantitative estimate of drug-likeness (QED) is 0.745. The van der Waals surface area contributed by atoms with E-state index in [0.29, 0.717) is 11.1 Å². The van der Waals surface area contributed by atoms with Gasteiger partial charge in [0.25, 0.3) is 0 Å². The van der Waals surface area contributed by atoms with E-state index in [4.69, 9.17) is 0 Å². The van der Waals surface area contributed by atoms with Crippen molar-refractivity contribution in [2.45, 2.75) is 6.92 Å². The third-order valence-electron chi connectivity index (χ3n) is 2.41. The average molecular weight is 233 g/mol. The molecule has 0 bridgehead atoms. The minimum atomic E-state index is -0.935. The standard InChI is InChI=1S/C13H9F2NO/c1-8(17)9-5-10(7-16-6-9)11-3-2-4-12(14)13(11)15/h2-7H,1H3. The molecule has 0 aliphatic heterocycles. The van der Waals surface area contributed by atoms with E-state index in [1.165, 1.54) is 37.5 Å². The van der Waals surface area contributed by atoms with Gasteiger partial charge in [-0.2, -0.15) is 0 Å². The summed E-state index contributed by atoms with van der Waals surface area (Å²) in [5.41, 5.74) is 0.849. The highest BCUT2D eigenvalue weighted by molar-refractivity contribution is 5.94. The lowest BCUT2D eigenvalue weighted by Crippen LogP contribution is -1.95. The highest BCUT2D eigenvalue weighted by atomic mass is 19.2. The summed E-state index contributed by atoms with van der Waals surface area (Å²) in [4.78, 5) is 15.0. The zero-order valence-electron chi connectivity index (χ0n) is 9.08. The molecular formula is C13H9F2NO. The van der Waals surface area contributed by atoms with Crippen LogP contribution in [0.1, 0.15) is 17.3 Å². The number of benzene rings is 1. The monoisotopic (exact) mass is 233 g/mol. The number of Topliss-reactive ketones (excluding diaryl/α,β-unsaturated/α-hetero) is 1. The SMILES string of the molecule is CC(=O)c1cncc(-c2cccc(F)c2F)c1. The van der Waals surface area contributed by atoms with Crippen LogP contribution in [0, 0.1) is 11.6 Å². The van der Waals surface area contributed by atoms with Crippen molar-refractivity contribution in [3.63, 3.8) is 0 Å². The Kier molecular flexibility index (Phi) is 2.95. The summed E-state index contributed by atoms with van der Waals surface area (Å²) in [5.74, 6) is -2.03. The maximum atomic E-state index is 13.5. The molecule has 1 heterocycles. The first-order chi connectivity index (χ1) is 8.09. The third-order valence-corrected chi connectivity index (χ3v) is 2.41. The average Bonchev–Trinajstić information content (AvgIpc) is 2.33. The van der Waals surface area contributed by atoms with Gasteiger partial charge in [-0.1, -0.05) is 12.1 Å². The van der Waals surface area contributed by atoms with Crippen LogP contribution in [0.3, 0.4) is 0 Å². The first kappa shape index (κ1) is 11.4. The van der Waals surface area contributed by atoms with Gasteiger partial charge in [-0.15, -0.1) is 0 Å². The number of hydrogen-bond acceptors (Lipinski definition) is 2. The van der Waals surface area contributed by atoms with Crippen LogP contribution in [0.25, 0.3) is 11.1 Å². The molecule has 2 rings (SSSR count). The molecule has 1 aromatic heterocycles. The van der Waals surface area contributed by atoms with E-state index in [9.17, 15) is 13.6 Å². The van der Waals surface area contributed by atoms with Crippen LogP contribution >= 0.6 is 0 Å². The van der Waals surface area contributed by atoms with E-state index in [-0.39, 0.29) is 11.3 Å². The molecule has 0 spiro atoms. The van der Waals surface area contributed by atoms with Crippen molar-refractivity contribution < 1.29 is 13.6 Å². The van der Waals surface area contributed by atoms with Crippen molar-refractivity contribution in [1.82, 2.24) is 4.98 Å². The van der Waals surface area contributed by atoms with Gasteiger partial charge in [-0.3, -0.25) is 9.78 Å². The topological polar surface area (TPSA) is 30.0 Å². The highest BCUT2D eigenvalue weighted by Crippen LogP contribution is 2.24. The number of rotatable bonds is 2. The first-order valence-electron chi connectivity index (χ1n) is 5.00. The smallest absolute Gasteiger partial charge is 0.166 e. The molecule has 0 N–H and O–H groups in total. The maximum absolute atomic E-state index is 13.5. The van der Waals surface area contributed by atoms with Gasteiger partial charge in [0.1, 0.15) is 0 Å². The van der Waals surface area contributed by atoms with Crippen LogP contribution in [0.2, 0.25) is 0 Å². The lowest BCUT2D eigenvalue weighted by Gasteiger charge is -2.04. The molecule has 2 aromatic rings. The normalized spacial score (nSPS) is 10.3. The van der Waals surface area contributed by atoms with Crippen LogP contribution in [0.15, 0.2) is 36.7 Å². The van der Waals surface area contributed by atoms with Crippen molar-refractivity contribution in [2.24, 2.45) is 0 Å². The second-order valence-electron chi connectivity index (χ2n) is 3.62. The third kappa shape index (κ3) is 2.20. The van der Waals surface area contributed by atoms with Crippen LogP contribution in [0.5, 0.6) is 0 Å². The molecular weight excluding hydrogens is 224 g/mol. The lowest BCUT2D eigenvalue weighted by molar-refractivity contribution is 0.101. The second-order valence-corrected chi connectivity index (χ2v) is 3.62. The van der Waals surface area contributed by atoms with Crippen molar-refractivity contribution in [3.8, 4) is 11.1 Å². The molecule has 0 saturated heterocycles. The van der Waals surface area contributed by atoms with Gasteiger partial charge in [0.15, 0.2) is 17.4 Å². The highest BCUT2D eigenvalue weighted by Gasteiger charge is 2.11. The lowest BCUT2D eigenvalue weighted by atomic mass is 10.0. The Hall–Kier alpha value is -2.10. The predicted molar refractivity (Wildman–Crippen MR) is 59.6 cm³/mol. The van der Waals surface area contributed by atoms with Crippen LogP contribution in [-0.4, -0.2) is 10.8 Å². The molecule has 0 saturated carbocycles. The number of ketones is 1. The fourth-order valence-electron chi connectivity index (χ4n) is 1.51. The molecule has 4 heteroatoms. The molecule has 1 aromatic carbocycles. The van der Waals surface area contributed by atoms with Crippen LogP contribution in [-0.2, 0) is 0 Å². The molecule has 2 nitrogen and oxygen atoms in total. The number of aromatic nitrogens is 1. The molecule has 0 fully saturated rings. The van der Waals surface area contributed by atoms with Crippen LogP contribution in [0.4, 0.5) is 8.78 Å². The Balaban J connectivity index is 2.57. The Bertz CT molecular complexity index is 581. The Morgan fingerprint density at radius 1 is 1.24 bits per heavy atom. The van der Waals surface area contributed by atoms with Crippen molar-refractivity contribution >= 4 is 5.78 Å². The van der Waals surface area contributed by atoms with E-state index in [0.717, 1.165) is 6.07 Å². The molecule has 0 aliphatic carbocycles. The summed E-state index contributed by atoms with van der Waals surface area (Å²) in [6.07, 6.45) is 2.79. The maximum Gasteiger partial charge on any atom is 0.166 e. The number of hydrogen-bond donors (Lipinski definition) is 0. The summed E-state index contributed by atoms with van der Waals surface area (Å²) >= 11 is 0. The van der Waals surface area contributed by atoms with E-state index < -0.39 is 11.6 Å². The largest absolute Gasteiger partial charge is 0.294 e. The van der Waals surface area contributed by atoms with Gasteiger partial charge in [0.2, 0.25) is 0 Å². The van der Waals surface area contributed by atoms with Crippen molar-refractivity contribution in [2.75, 3.05) is 0 Å². The summed E-state index contributed by atoms with van der Waals surface area (Å²) in [7, 11) is 0. The van der Waals surface area contributed by atoms with Gasteiger partial charge in [-0.25, -0.2) is 8.78 Å². The molecule has 0 radical (unpaired) electrons. The van der Waals surface area contributed by atoms with Gasteiger partial charge < -0.3 is 0 Å². The minimum Gasteiger partial charge on any atom is -0.294 e. The molecule has 0 amide bonds. The van der Waals surface area contributed by atoms with Gasteiger partial charge >= 0.3 is 0 Å². The fraction of sp³-hybridized carbons (Fsp3) is 0.0769. The predicted octanol–water partition coefficient (Wildman–Crippen LogP) is 3.23. The molecule has 0 atom stereocenters. The Morgan fingerprint density at radius 3 is 2.71 bits per heavy atom. The van der Waals surface area contributed by atoms with Crippen molar-refractivity contribution in [3.05, 3.63) is 53.9 Å². The van der Waals surface area contributed by atoms with E-state index in [1.54, 1.807) is 0 Å². The van der Waals surface area contributed by atoms with Gasteiger partial charge in [-0.05, 0) is 19.1 Å². The molecule has 17 heavy (non-hydrogen) atoms. The zero-order valence-corrected chi connectivity index (χ0v) is 9.08. The van der Waals surface area contributed by atoms with Gasteiger partial charge in [0.05, 0.1) is 0 Å². The Labute approximate surface area is 96.9 Å².